The van der Waals surface area contributed by atoms with Gasteiger partial charge in [0.25, 0.3) is 0 Å². The van der Waals surface area contributed by atoms with Gasteiger partial charge in [-0.05, 0) is 44.9 Å². The fraction of sp³-hybridized carbons (Fsp3) is 0.650. The molecule has 0 aromatic carbocycles. The maximum Gasteiger partial charge on any atom is 1.00 e. The number of carbonyl (C=O) groups is 1. The summed E-state index contributed by atoms with van der Waals surface area (Å²) >= 11 is 0. The predicted octanol–water partition coefficient (Wildman–Crippen LogP) is 2.11. The van der Waals surface area contributed by atoms with Crippen LogP contribution in [0.3, 0.4) is 0 Å². The van der Waals surface area contributed by atoms with E-state index in [1.54, 1.807) is 0 Å². The summed E-state index contributed by atoms with van der Waals surface area (Å²) in [6.45, 7) is 2.15. The number of carboxylic acids is 1. The maximum absolute atomic E-state index is 10.2. The Labute approximate surface area is 165 Å². The summed E-state index contributed by atoms with van der Waals surface area (Å²) < 4.78 is 0. The van der Waals surface area contributed by atoms with Gasteiger partial charge >= 0.3 is 29.6 Å². The first kappa shape index (κ1) is 24.9. The van der Waals surface area contributed by atoms with E-state index in [0.717, 1.165) is 38.5 Å². The molecule has 0 N–H and O–H groups in total. The van der Waals surface area contributed by atoms with Crippen molar-refractivity contribution in [2.75, 3.05) is 0 Å². The Morgan fingerprint density at radius 2 is 1.22 bits per heavy atom. The number of rotatable bonds is 15. The fourth-order valence-electron chi connectivity index (χ4n) is 2.24. The molecule has 0 atom stereocenters. The SMILES string of the molecule is CC/C=C/C/C=C/C/C=C/CCCCCCCCCC(=O)[O-].[Na+]. The van der Waals surface area contributed by atoms with Gasteiger partial charge in [0.15, 0.2) is 0 Å². The summed E-state index contributed by atoms with van der Waals surface area (Å²) in [6.07, 6.45) is 26.0. The second-order valence-electron chi connectivity index (χ2n) is 5.68. The van der Waals surface area contributed by atoms with E-state index >= 15 is 0 Å². The van der Waals surface area contributed by atoms with Gasteiger partial charge in [0, 0.05) is 5.97 Å². The van der Waals surface area contributed by atoms with E-state index in [-0.39, 0.29) is 36.0 Å². The predicted molar refractivity (Wildman–Crippen MR) is 93.5 cm³/mol. The number of carbonyl (C=O) groups excluding carboxylic acids is 1. The van der Waals surface area contributed by atoms with Crippen LogP contribution >= 0.6 is 0 Å². The molecule has 0 bridgehead atoms. The molecule has 0 aliphatic heterocycles. The van der Waals surface area contributed by atoms with Crippen LogP contribution < -0.4 is 34.7 Å². The van der Waals surface area contributed by atoms with Crippen LogP contribution in [0.25, 0.3) is 0 Å². The zero-order valence-electron chi connectivity index (χ0n) is 15.3. The van der Waals surface area contributed by atoms with Gasteiger partial charge < -0.3 is 9.90 Å². The number of hydrogen-bond acceptors (Lipinski definition) is 2. The summed E-state index contributed by atoms with van der Waals surface area (Å²) in [7, 11) is 0. The molecule has 126 valence electrons. The third-order valence-electron chi connectivity index (χ3n) is 3.53. The molecule has 0 spiro atoms. The second-order valence-corrected chi connectivity index (χ2v) is 5.68. The van der Waals surface area contributed by atoms with Gasteiger partial charge in [-0.25, -0.2) is 0 Å². The molecule has 0 rings (SSSR count). The van der Waals surface area contributed by atoms with E-state index in [1.807, 2.05) is 0 Å². The van der Waals surface area contributed by atoms with Crippen LogP contribution in [-0.4, -0.2) is 5.97 Å². The molecule has 23 heavy (non-hydrogen) atoms. The minimum absolute atomic E-state index is 0. The topological polar surface area (TPSA) is 40.1 Å². The minimum atomic E-state index is -0.918. The van der Waals surface area contributed by atoms with E-state index in [4.69, 9.17) is 0 Å². The summed E-state index contributed by atoms with van der Waals surface area (Å²) in [6, 6.07) is 0. The Kier molecular flexibility index (Phi) is 23.5. The number of unbranched alkanes of at least 4 members (excludes halogenated alkanes) is 7. The van der Waals surface area contributed by atoms with Crippen molar-refractivity contribution in [2.45, 2.75) is 84.0 Å². The standard InChI is InChI=1S/C20H34O2.Na/c1-2-3-4-5-6-7-8-9-10-11-12-13-14-15-16-17-18-19-20(21)22;/h3-4,6-7,9-10H,2,5,8,11-19H2,1H3,(H,21,22);/q;+1/p-1/b4-3+,7-6+,10-9+;. The van der Waals surface area contributed by atoms with Crippen molar-refractivity contribution in [3.63, 3.8) is 0 Å². The molecule has 0 amide bonds. The Hall–Kier alpha value is -0.310. The van der Waals surface area contributed by atoms with E-state index in [9.17, 15) is 9.90 Å². The van der Waals surface area contributed by atoms with Crippen LogP contribution in [-0.2, 0) is 4.79 Å². The van der Waals surface area contributed by atoms with Crippen LogP contribution in [0.5, 0.6) is 0 Å². The molecule has 3 heteroatoms. The van der Waals surface area contributed by atoms with Gasteiger partial charge in [0.2, 0.25) is 0 Å². The Balaban J connectivity index is 0. The normalized spacial score (nSPS) is 11.5. The zero-order valence-corrected chi connectivity index (χ0v) is 17.3. The van der Waals surface area contributed by atoms with Crippen molar-refractivity contribution >= 4 is 5.97 Å². The van der Waals surface area contributed by atoms with Crippen LogP contribution in [0, 0.1) is 0 Å². The quantitative estimate of drug-likeness (QED) is 0.262. The van der Waals surface area contributed by atoms with Crippen molar-refractivity contribution in [1.29, 1.82) is 0 Å². The Morgan fingerprint density at radius 3 is 1.78 bits per heavy atom. The van der Waals surface area contributed by atoms with Crippen LogP contribution in [0.2, 0.25) is 0 Å². The zero-order chi connectivity index (χ0) is 16.3. The van der Waals surface area contributed by atoms with Crippen LogP contribution in [0.15, 0.2) is 36.5 Å². The second kappa shape index (κ2) is 21.7. The van der Waals surface area contributed by atoms with Gasteiger partial charge in [-0.1, -0.05) is 75.5 Å². The third kappa shape index (κ3) is 24.1. The monoisotopic (exact) mass is 328 g/mol. The molecule has 2 nitrogen and oxygen atoms in total. The number of allylic oxidation sites excluding steroid dienone is 6. The molecule has 0 saturated heterocycles. The molecular weight excluding hydrogens is 295 g/mol. The number of hydrogen-bond donors (Lipinski definition) is 0. The van der Waals surface area contributed by atoms with E-state index in [0.29, 0.717) is 0 Å². The van der Waals surface area contributed by atoms with Crippen molar-refractivity contribution < 1.29 is 39.5 Å². The van der Waals surface area contributed by atoms with Gasteiger partial charge in [-0.2, -0.15) is 0 Å². The summed E-state index contributed by atoms with van der Waals surface area (Å²) in [5.41, 5.74) is 0. The van der Waals surface area contributed by atoms with E-state index in [1.165, 1.54) is 32.1 Å². The first-order valence-electron chi connectivity index (χ1n) is 8.92. The maximum atomic E-state index is 10.2. The summed E-state index contributed by atoms with van der Waals surface area (Å²) in [5.74, 6) is -0.918. The first-order valence-corrected chi connectivity index (χ1v) is 8.92. The molecular formula is C20H33NaO2. The molecule has 0 heterocycles. The van der Waals surface area contributed by atoms with Crippen molar-refractivity contribution in [2.24, 2.45) is 0 Å². The molecule has 0 aromatic heterocycles. The number of aliphatic carboxylic acids is 1. The Bertz CT molecular complexity index is 333. The van der Waals surface area contributed by atoms with Crippen molar-refractivity contribution in [1.82, 2.24) is 0 Å². The summed E-state index contributed by atoms with van der Waals surface area (Å²) in [5, 5.41) is 10.2. The smallest absolute Gasteiger partial charge is 0.550 e. The van der Waals surface area contributed by atoms with Gasteiger partial charge in [-0.3, -0.25) is 0 Å². The summed E-state index contributed by atoms with van der Waals surface area (Å²) in [4.78, 5) is 10.2. The molecule has 0 saturated carbocycles. The van der Waals surface area contributed by atoms with Crippen LogP contribution in [0.1, 0.15) is 84.0 Å². The van der Waals surface area contributed by atoms with Gasteiger partial charge in [0.1, 0.15) is 0 Å². The molecule has 0 aliphatic rings. The third-order valence-corrected chi connectivity index (χ3v) is 3.53. The Morgan fingerprint density at radius 1 is 0.739 bits per heavy atom. The van der Waals surface area contributed by atoms with E-state index in [2.05, 4.69) is 43.4 Å². The van der Waals surface area contributed by atoms with Crippen molar-refractivity contribution in [3.05, 3.63) is 36.5 Å². The molecule has 0 unspecified atom stereocenters. The van der Waals surface area contributed by atoms with Gasteiger partial charge in [-0.15, -0.1) is 0 Å². The van der Waals surface area contributed by atoms with Crippen LogP contribution in [0.4, 0.5) is 0 Å². The fourth-order valence-corrected chi connectivity index (χ4v) is 2.24. The molecule has 0 aromatic rings. The largest absolute Gasteiger partial charge is 1.00 e. The molecule has 0 aliphatic carbocycles. The average Bonchev–Trinajstić information content (AvgIpc) is 2.50. The first-order chi connectivity index (χ1) is 10.8. The molecule has 0 radical (unpaired) electrons. The van der Waals surface area contributed by atoms with Gasteiger partial charge in [0.05, 0.1) is 0 Å². The average molecular weight is 328 g/mol. The number of carboxylic acid groups (broad SMARTS) is 1. The minimum Gasteiger partial charge on any atom is -0.550 e. The van der Waals surface area contributed by atoms with Crippen molar-refractivity contribution in [3.8, 4) is 0 Å². The molecule has 0 fully saturated rings. The van der Waals surface area contributed by atoms with E-state index < -0.39 is 5.97 Å².